The molecule has 0 aliphatic rings. The fraction of sp³-hybridized carbons (Fsp3) is 0.516. The Morgan fingerprint density at radius 2 is 0.912 bits per heavy atom. The van der Waals surface area contributed by atoms with Crippen molar-refractivity contribution in [3.63, 3.8) is 0 Å². The molecule has 0 N–H and O–H groups in total. The van der Waals surface area contributed by atoms with Gasteiger partial charge in [-0.25, -0.2) is 4.98 Å². The summed E-state index contributed by atoms with van der Waals surface area (Å²) in [5.74, 6) is 0.859. The summed E-state index contributed by atoms with van der Waals surface area (Å²) >= 11 is 0. The van der Waals surface area contributed by atoms with Crippen molar-refractivity contribution in [2.24, 2.45) is 0 Å². The quantitative estimate of drug-likeness (QED) is 0.190. The number of hydrogen-bond donors (Lipinski definition) is 0. The van der Waals surface area contributed by atoms with Gasteiger partial charge in [0.15, 0.2) is 5.82 Å². The van der Waals surface area contributed by atoms with Gasteiger partial charge < -0.3 is 0 Å². The van der Waals surface area contributed by atoms with Gasteiger partial charge >= 0.3 is 0 Å². The van der Waals surface area contributed by atoms with Crippen LogP contribution in [-0.2, 0) is 6.42 Å². The molecule has 2 aromatic carbocycles. The van der Waals surface area contributed by atoms with Crippen molar-refractivity contribution in [1.29, 1.82) is 0 Å². The van der Waals surface area contributed by atoms with Crippen molar-refractivity contribution in [3.05, 3.63) is 66.5 Å². The Morgan fingerprint density at radius 1 is 0.471 bits per heavy atom. The highest BCUT2D eigenvalue weighted by atomic mass is 15.2. The number of aromatic nitrogens is 3. The summed E-state index contributed by atoms with van der Waals surface area (Å²) in [6, 6.07) is 20.6. The molecule has 0 atom stereocenters. The highest BCUT2D eigenvalue weighted by molar-refractivity contribution is 5.77. The SMILES string of the molecule is CCCCCCCCCCCCCCCCc1nnc(-c2ccccc2)c(-c2ccccc2)n1. The second-order valence-corrected chi connectivity index (χ2v) is 9.50. The predicted octanol–water partition coefficient (Wildman–Crippen LogP) is 9.23. The fourth-order valence-electron chi connectivity index (χ4n) is 4.53. The van der Waals surface area contributed by atoms with E-state index < -0.39 is 0 Å². The summed E-state index contributed by atoms with van der Waals surface area (Å²) in [4.78, 5) is 4.94. The topological polar surface area (TPSA) is 38.7 Å². The van der Waals surface area contributed by atoms with Crippen LogP contribution in [0.25, 0.3) is 22.5 Å². The van der Waals surface area contributed by atoms with Crippen LogP contribution in [-0.4, -0.2) is 15.2 Å². The summed E-state index contributed by atoms with van der Waals surface area (Å²) in [5, 5.41) is 9.08. The maximum atomic E-state index is 4.94. The van der Waals surface area contributed by atoms with E-state index in [4.69, 9.17) is 4.98 Å². The van der Waals surface area contributed by atoms with Crippen molar-refractivity contribution in [2.75, 3.05) is 0 Å². The lowest BCUT2D eigenvalue weighted by atomic mass is 10.0. The second-order valence-electron chi connectivity index (χ2n) is 9.50. The van der Waals surface area contributed by atoms with Gasteiger partial charge in [0.05, 0.1) is 0 Å². The fourth-order valence-corrected chi connectivity index (χ4v) is 4.53. The van der Waals surface area contributed by atoms with Gasteiger partial charge in [0.1, 0.15) is 11.4 Å². The number of unbranched alkanes of at least 4 members (excludes halogenated alkanes) is 13. The Morgan fingerprint density at radius 3 is 1.41 bits per heavy atom. The van der Waals surface area contributed by atoms with Crippen molar-refractivity contribution < 1.29 is 0 Å². The van der Waals surface area contributed by atoms with E-state index in [2.05, 4.69) is 53.5 Å². The van der Waals surface area contributed by atoms with Gasteiger partial charge in [0.25, 0.3) is 0 Å². The van der Waals surface area contributed by atoms with Crippen LogP contribution in [0.1, 0.15) is 103 Å². The molecular formula is C31H43N3. The number of aryl methyl sites for hydroxylation is 1. The Balaban J connectivity index is 1.36. The minimum atomic E-state index is 0.858. The van der Waals surface area contributed by atoms with E-state index in [1.165, 1.54) is 83.5 Å². The molecule has 0 saturated carbocycles. The molecule has 3 heteroatoms. The summed E-state index contributed by atoms with van der Waals surface area (Å²) in [6.45, 7) is 2.29. The largest absolute Gasteiger partial charge is 0.229 e. The molecule has 0 radical (unpaired) electrons. The number of hydrogen-bond acceptors (Lipinski definition) is 3. The molecule has 0 saturated heterocycles. The molecule has 0 unspecified atom stereocenters. The lowest BCUT2D eigenvalue weighted by Gasteiger charge is -2.09. The Kier molecular flexibility index (Phi) is 12.4. The first-order valence-electron chi connectivity index (χ1n) is 13.7. The van der Waals surface area contributed by atoms with Gasteiger partial charge in [-0.2, -0.15) is 0 Å². The van der Waals surface area contributed by atoms with Crippen molar-refractivity contribution in [2.45, 2.75) is 103 Å². The zero-order valence-corrected chi connectivity index (χ0v) is 21.2. The van der Waals surface area contributed by atoms with E-state index in [-0.39, 0.29) is 0 Å². The zero-order chi connectivity index (χ0) is 23.7. The Hall–Kier alpha value is -2.55. The van der Waals surface area contributed by atoms with E-state index in [9.17, 15) is 0 Å². The third kappa shape index (κ3) is 9.37. The first-order valence-corrected chi connectivity index (χ1v) is 13.7. The van der Waals surface area contributed by atoms with Crippen molar-refractivity contribution in [1.82, 2.24) is 15.2 Å². The minimum absolute atomic E-state index is 0.858. The van der Waals surface area contributed by atoms with E-state index in [0.29, 0.717) is 0 Å². The molecule has 0 aliphatic carbocycles. The Bertz CT molecular complexity index is 908. The molecule has 182 valence electrons. The first kappa shape index (κ1) is 26.1. The van der Waals surface area contributed by atoms with Gasteiger partial charge in [-0.1, -0.05) is 151 Å². The lowest BCUT2D eigenvalue weighted by molar-refractivity contribution is 0.534. The third-order valence-corrected chi connectivity index (χ3v) is 6.58. The van der Waals surface area contributed by atoms with E-state index in [0.717, 1.165) is 41.2 Å². The molecule has 1 aromatic heterocycles. The van der Waals surface area contributed by atoms with E-state index in [1.807, 2.05) is 24.3 Å². The van der Waals surface area contributed by atoms with E-state index in [1.54, 1.807) is 0 Å². The van der Waals surface area contributed by atoms with Crippen LogP contribution in [0.2, 0.25) is 0 Å². The molecular weight excluding hydrogens is 414 g/mol. The van der Waals surface area contributed by atoms with Gasteiger partial charge in [-0.3, -0.25) is 0 Å². The van der Waals surface area contributed by atoms with Crippen LogP contribution < -0.4 is 0 Å². The smallest absolute Gasteiger partial charge is 0.151 e. The van der Waals surface area contributed by atoms with Crippen molar-refractivity contribution in [3.8, 4) is 22.5 Å². The molecule has 0 spiro atoms. The van der Waals surface area contributed by atoms with E-state index >= 15 is 0 Å². The van der Waals surface area contributed by atoms with Crippen LogP contribution in [0.3, 0.4) is 0 Å². The molecule has 3 nitrogen and oxygen atoms in total. The molecule has 34 heavy (non-hydrogen) atoms. The second kappa shape index (κ2) is 16.1. The molecule has 0 bridgehead atoms. The Labute approximate surface area is 207 Å². The number of rotatable bonds is 17. The van der Waals surface area contributed by atoms with Crippen LogP contribution in [0, 0.1) is 0 Å². The predicted molar refractivity (Wildman–Crippen MR) is 145 cm³/mol. The van der Waals surface area contributed by atoms with Gasteiger partial charge in [0.2, 0.25) is 0 Å². The summed E-state index contributed by atoms with van der Waals surface area (Å²) in [6.07, 6.45) is 20.1. The van der Waals surface area contributed by atoms with Crippen LogP contribution in [0.5, 0.6) is 0 Å². The molecule has 3 aromatic rings. The number of nitrogens with zero attached hydrogens (tertiary/aromatic N) is 3. The molecule has 0 amide bonds. The van der Waals surface area contributed by atoms with Gasteiger partial charge in [0, 0.05) is 17.5 Å². The minimum Gasteiger partial charge on any atom is -0.229 e. The van der Waals surface area contributed by atoms with Crippen molar-refractivity contribution >= 4 is 0 Å². The standard InChI is InChI=1S/C31H43N3/c1-2-3-4-5-6-7-8-9-10-11-12-13-14-21-26-29-32-30(27-22-17-15-18-23-27)31(34-33-29)28-24-19-16-20-25-28/h15-20,22-25H,2-14,21,26H2,1H3. The molecule has 0 aliphatic heterocycles. The van der Waals surface area contributed by atoms with Gasteiger partial charge in [-0.15, -0.1) is 10.2 Å². The van der Waals surface area contributed by atoms with Gasteiger partial charge in [-0.05, 0) is 6.42 Å². The lowest BCUT2D eigenvalue weighted by Crippen LogP contribution is -2.03. The average Bonchev–Trinajstić information content (AvgIpc) is 2.90. The van der Waals surface area contributed by atoms with Crippen LogP contribution >= 0.6 is 0 Å². The summed E-state index contributed by atoms with van der Waals surface area (Å²) < 4.78 is 0. The monoisotopic (exact) mass is 457 g/mol. The van der Waals surface area contributed by atoms with Crippen LogP contribution in [0.15, 0.2) is 60.7 Å². The maximum absolute atomic E-state index is 4.94. The number of benzene rings is 2. The summed E-state index contributed by atoms with van der Waals surface area (Å²) in [5.41, 5.74) is 3.95. The van der Waals surface area contributed by atoms with Crippen LogP contribution in [0.4, 0.5) is 0 Å². The normalized spacial score (nSPS) is 11.1. The molecule has 0 fully saturated rings. The highest BCUT2D eigenvalue weighted by Gasteiger charge is 2.13. The molecule has 1 heterocycles. The third-order valence-electron chi connectivity index (χ3n) is 6.58. The molecule has 3 rings (SSSR count). The highest BCUT2D eigenvalue weighted by Crippen LogP contribution is 2.28. The maximum Gasteiger partial charge on any atom is 0.151 e. The zero-order valence-electron chi connectivity index (χ0n) is 21.2. The summed E-state index contributed by atoms with van der Waals surface area (Å²) in [7, 11) is 0. The average molecular weight is 458 g/mol. The first-order chi connectivity index (χ1) is 16.9.